The number of pyridine rings is 1. The maximum atomic E-state index is 12.2. The highest BCUT2D eigenvalue weighted by atomic mass is 32.2. The minimum Gasteiger partial charge on any atom is -0.356 e. The van der Waals surface area contributed by atoms with E-state index in [1.165, 1.54) is 11.8 Å². The molecule has 2 amide bonds. The highest BCUT2D eigenvalue weighted by Crippen LogP contribution is 2.37. The van der Waals surface area contributed by atoms with E-state index in [9.17, 15) is 9.59 Å². The van der Waals surface area contributed by atoms with Crippen LogP contribution in [0.1, 0.15) is 19.8 Å². The summed E-state index contributed by atoms with van der Waals surface area (Å²) in [6, 6.07) is 3.66. The average molecular weight is 279 g/mol. The number of thioether (sulfide) groups is 1. The van der Waals surface area contributed by atoms with Gasteiger partial charge in [0.2, 0.25) is 11.8 Å². The van der Waals surface area contributed by atoms with E-state index in [2.05, 4.69) is 10.3 Å². The molecule has 0 radical (unpaired) electrons. The Morgan fingerprint density at radius 2 is 2.37 bits per heavy atom. The van der Waals surface area contributed by atoms with E-state index in [0.29, 0.717) is 6.54 Å². The van der Waals surface area contributed by atoms with Crippen LogP contribution >= 0.6 is 11.8 Å². The van der Waals surface area contributed by atoms with Crippen molar-refractivity contribution in [3.8, 4) is 0 Å². The smallest absolute Gasteiger partial charge is 0.240 e. The molecule has 19 heavy (non-hydrogen) atoms. The zero-order chi connectivity index (χ0) is 13.8. The van der Waals surface area contributed by atoms with Gasteiger partial charge in [-0.15, -0.1) is 0 Å². The number of rotatable bonds is 4. The fourth-order valence-corrected chi connectivity index (χ4v) is 3.09. The number of amides is 2. The van der Waals surface area contributed by atoms with Gasteiger partial charge in [-0.25, -0.2) is 4.98 Å². The number of fused-ring (bicyclic) bond motifs is 1. The van der Waals surface area contributed by atoms with Gasteiger partial charge < -0.3 is 10.2 Å². The Morgan fingerprint density at radius 1 is 1.58 bits per heavy atom. The largest absolute Gasteiger partial charge is 0.356 e. The Kier molecular flexibility index (Phi) is 4.42. The quantitative estimate of drug-likeness (QED) is 0.906. The van der Waals surface area contributed by atoms with Crippen LogP contribution in [0.4, 0.5) is 5.69 Å². The van der Waals surface area contributed by atoms with Crippen molar-refractivity contribution in [3.05, 3.63) is 18.3 Å². The number of hydrogen-bond donors (Lipinski definition) is 1. The summed E-state index contributed by atoms with van der Waals surface area (Å²) in [6.45, 7) is 2.64. The molecular formula is C13H17N3O2S. The van der Waals surface area contributed by atoms with E-state index in [-0.39, 0.29) is 23.5 Å². The van der Waals surface area contributed by atoms with Crippen molar-refractivity contribution in [1.29, 1.82) is 0 Å². The lowest BCUT2D eigenvalue weighted by atomic mass is 10.2. The van der Waals surface area contributed by atoms with E-state index in [1.807, 2.05) is 13.0 Å². The van der Waals surface area contributed by atoms with E-state index >= 15 is 0 Å². The molecule has 0 saturated heterocycles. The van der Waals surface area contributed by atoms with Crippen LogP contribution in [-0.4, -0.2) is 35.6 Å². The lowest BCUT2D eigenvalue weighted by Crippen LogP contribution is -2.41. The molecule has 1 aliphatic heterocycles. The van der Waals surface area contributed by atoms with Gasteiger partial charge in [0, 0.05) is 26.2 Å². The van der Waals surface area contributed by atoms with Gasteiger partial charge in [0.05, 0.1) is 10.9 Å². The Morgan fingerprint density at radius 3 is 3.11 bits per heavy atom. The second-order valence-electron chi connectivity index (χ2n) is 4.39. The highest BCUT2D eigenvalue weighted by Gasteiger charge is 2.33. The molecule has 102 valence electrons. The molecule has 5 nitrogen and oxygen atoms in total. The van der Waals surface area contributed by atoms with Crippen LogP contribution in [0.3, 0.4) is 0 Å². The monoisotopic (exact) mass is 279 g/mol. The Hall–Kier alpha value is -1.56. The summed E-state index contributed by atoms with van der Waals surface area (Å²) in [5, 5.41) is 3.21. The number of hydrogen-bond acceptors (Lipinski definition) is 4. The van der Waals surface area contributed by atoms with Gasteiger partial charge in [-0.3, -0.25) is 9.59 Å². The first kappa shape index (κ1) is 13.9. The second-order valence-corrected chi connectivity index (χ2v) is 5.58. The van der Waals surface area contributed by atoms with Crippen LogP contribution in [0.2, 0.25) is 0 Å². The van der Waals surface area contributed by atoms with Gasteiger partial charge in [-0.2, -0.15) is 0 Å². The Balaban J connectivity index is 2.08. The summed E-state index contributed by atoms with van der Waals surface area (Å²) in [6.07, 6.45) is 2.79. The first-order valence-corrected chi connectivity index (χ1v) is 7.17. The third-order valence-electron chi connectivity index (χ3n) is 2.92. The lowest BCUT2D eigenvalue weighted by Gasteiger charge is -2.29. The van der Waals surface area contributed by atoms with Crippen molar-refractivity contribution in [2.45, 2.75) is 30.0 Å². The molecule has 0 fully saturated rings. The number of aromatic nitrogens is 1. The maximum Gasteiger partial charge on any atom is 0.240 e. The van der Waals surface area contributed by atoms with E-state index in [1.54, 1.807) is 24.2 Å². The summed E-state index contributed by atoms with van der Waals surface area (Å²) in [5.74, 6) is -0.127. The first-order chi connectivity index (χ1) is 9.13. The number of carbonyl (C=O) groups excluding carboxylic acids is 2. The summed E-state index contributed by atoms with van der Waals surface area (Å²) >= 11 is 1.37. The number of anilines is 1. The molecule has 2 heterocycles. The van der Waals surface area contributed by atoms with E-state index < -0.39 is 0 Å². The molecule has 0 aliphatic carbocycles. The summed E-state index contributed by atoms with van der Waals surface area (Å²) in [4.78, 5) is 29.8. The molecule has 1 atom stereocenters. The summed E-state index contributed by atoms with van der Waals surface area (Å²) in [7, 11) is 1.72. The van der Waals surface area contributed by atoms with Crippen molar-refractivity contribution in [2.75, 3.05) is 18.5 Å². The number of nitrogens with one attached hydrogen (secondary N) is 1. The molecule has 1 aromatic heterocycles. The Labute approximate surface area is 116 Å². The van der Waals surface area contributed by atoms with Gasteiger partial charge in [0.15, 0.2) is 0 Å². The number of nitrogens with zero attached hydrogens (tertiary/aromatic N) is 2. The number of carbonyl (C=O) groups is 2. The molecule has 1 aliphatic rings. The van der Waals surface area contributed by atoms with Crippen LogP contribution in [0, 0.1) is 0 Å². The zero-order valence-electron chi connectivity index (χ0n) is 11.0. The van der Waals surface area contributed by atoms with Crippen molar-refractivity contribution in [1.82, 2.24) is 10.3 Å². The first-order valence-electron chi connectivity index (χ1n) is 6.29. The molecule has 1 aromatic rings. The zero-order valence-corrected chi connectivity index (χ0v) is 11.9. The van der Waals surface area contributed by atoms with Crippen LogP contribution in [-0.2, 0) is 9.59 Å². The molecule has 0 spiro atoms. The predicted octanol–water partition coefficient (Wildman–Crippen LogP) is 1.44. The second kappa shape index (κ2) is 6.06. The van der Waals surface area contributed by atoms with Crippen LogP contribution in [0.15, 0.2) is 23.4 Å². The van der Waals surface area contributed by atoms with Gasteiger partial charge in [-0.05, 0) is 18.6 Å². The molecule has 2 rings (SSSR count). The van der Waals surface area contributed by atoms with Gasteiger partial charge in [0.25, 0.3) is 0 Å². The standard InChI is InChI=1S/C13H17N3O2S/c1-3-6-14-11(17)8-10-13(18)16(2)9-5-4-7-15-12(9)19-10/h4-5,7,10H,3,6,8H2,1-2H3,(H,14,17). The Bertz CT molecular complexity index is 493. The molecule has 0 aromatic carbocycles. The van der Waals surface area contributed by atoms with Crippen molar-refractivity contribution < 1.29 is 9.59 Å². The van der Waals surface area contributed by atoms with Gasteiger partial charge >= 0.3 is 0 Å². The molecule has 1 N–H and O–H groups in total. The third kappa shape index (κ3) is 3.07. The molecular weight excluding hydrogens is 262 g/mol. The molecule has 1 unspecified atom stereocenters. The molecule has 6 heteroatoms. The predicted molar refractivity (Wildman–Crippen MR) is 75.2 cm³/mol. The minimum atomic E-state index is -0.385. The SMILES string of the molecule is CCCNC(=O)CC1Sc2ncccc2N(C)C1=O. The molecule has 0 bridgehead atoms. The van der Waals surface area contributed by atoms with Crippen LogP contribution < -0.4 is 10.2 Å². The van der Waals surface area contributed by atoms with Gasteiger partial charge in [-0.1, -0.05) is 18.7 Å². The topological polar surface area (TPSA) is 62.3 Å². The van der Waals surface area contributed by atoms with Crippen LogP contribution in [0.5, 0.6) is 0 Å². The summed E-state index contributed by atoms with van der Waals surface area (Å²) < 4.78 is 0. The molecule has 0 saturated carbocycles. The van der Waals surface area contributed by atoms with Crippen molar-refractivity contribution in [2.24, 2.45) is 0 Å². The highest BCUT2D eigenvalue weighted by molar-refractivity contribution is 8.00. The van der Waals surface area contributed by atoms with Crippen molar-refractivity contribution in [3.63, 3.8) is 0 Å². The maximum absolute atomic E-state index is 12.2. The van der Waals surface area contributed by atoms with E-state index in [0.717, 1.165) is 17.1 Å². The van der Waals surface area contributed by atoms with Gasteiger partial charge in [0.1, 0.15) is 5.03 Å². The third-order valence-corrected chi connectivity index (χ3v) is 4.11. The van der Waals surface area contributed by atoms with E-state index in [4.69, 9.17) is 0 Å². The van der Waals surface area contributed by atoms with Crippen molar-refractivity contribution >= 4 is 29.3 Å². The average Bonchev–Trinajstić information content (AvgIpc) is 2.42. The minimum absolute atomic E-state index is 0.0443. The fraction of sp³-hybridized carbons (Fsp3) is 0.462. The fourth-order valence-electron chi connectivity index (χ4n) is 1.88. The normalized spacial score (nSPS) is 18.1. The van der Waals surface area contributed by atoms with Crippen LogP contribution in [0.25, 0.3) is 0 Å². The summed E-state index contributed by atoms with van der Waals surface area (Å²) in [5.41, 5.74) is 0.808. The lowest BCUT2D eigenvalue weighted by molar-refractivity contribution is -0.124.